The minimum atomic E-state index is -0.368. The summed E-state index contributed by atoms with van der Waals surface area (Å²) in [5, 5.41) is 11.8. The van der Waals surface area contributed by atoms with Gasteiger partial charge in [-0.3, -0.25) is 4.79 Å². The lowest BCUT2D eigenvalue weighted by Crippen LogP contribution is -2.41. The van der Waals surface area contributed by atoms with Gasteiger partial charge in [0.25, 0.3) is 0 Å². The van der Waals surface area contributed by atoms with Gasteiger partial charge in [-0.05, 0) is 68.7 Å². The molecule has 0 spiro atoms. The zero-order valence-electron chi connectivity index (χ0n) is 19.0. The van der Waals surface area contributed by atoms with Crippen molar-refractivity contribution < 1.29 is 14.3 Å². The van der Waals surface area contributed by atoms with E-state index >= 15 is 0 Å². The fourth-order valence-corrected chi connectivity index (χ4v) is 4.05. The number of aromatic nitrogens is 2. The van der Waals surface area contributed by atoms with Gasteiger partial charge in [0.1, 0.15) is 0 Å². The number of carbonyl (C=O) groups is 2. The van der Waals surface area contributed by atoms with E-state index in [4.69, 9.17) is 4.74 Å². The Balaban J connectivity index is 1.38. The summed E-state index contributed by atoms with van der Waals surface area (Å²) >= 11 is 0. The van der Waals surface area contributed by atoms with Gasteiger partial charge >= 0.3 is 5.97 Å². The Kier molecular flexibility index (Phi) is 6.98. The number of hydrogen-bond donors (Lipinski definition) is 1. The summed E-state index contributed by atoms with van der Waals surface area (Å²) in [4.78, 5) is 26.8. The van der Waals surface area contributed by atoms with Crippen molar-refractivity contribution >= 4 is 23.4 Å². The second kappa shape index (κ2) is 10.3. The molecule has 1 aliphatic heterocycles. The molecule has 0 bridgehead atoms. The van der Waals surface area contributed by atoms with Crippen molar-refractivity contribution in [3.63, 3.8) is 0 Å². The molecular weight excluding hydrogens is 416 g/mol. The monoisotopic (exact) mass is 444 g/mol. The van der Waals surface area contributed by atoms with Crippen molar-refractivity contribution in [1.29, 1.82) is 0 Å². The second-order valence-electron chi connectivity index (χ2n) is 8.16. The van der Waals surface area contributed by atoms with Crippen LogP contribution >= 0.6 is 0 Å². The Hall–Kier alpha value is -3.74. The first-order valence-electron chi connectivity index (χ1n) is 11.3. The molecule has 1 unspecified atom stereocenters. The lowest BCUT2D eigenvalue weighted by Gasteiger charge is -2.32. The van der Waals surface area contributed by atoms with E-state index in [0.29, 0.717) is 24.4 Å². The first-order chi connectivity index (χ1) is 16.0. The first-order valence-corrected chi connectivity index (χ1v) is 11.3. The maximum Gasteiger partial charge on any atom is 0.338 e. The topological polar surface area (TPSA) is 84.4 Å². The van der Waals surface area contributed by atoms with Crippen LogP contribution in [-0.2, 0) is 9.53 Å². The summed E-state index contributed by atoms with van der Waals surface area (Å²) in [6.45, 7) is 5.59. The molecule has 1 atom stereocenters. The number of nitrogens with zero attached hydrogens (tertiary/aromatic N) is 3. The molecule has 170 valence electrons. The lowest BCUT2D eigenvalue weighted by molar-refractivity contribution is -0.120. The van der Waals surface area contributed by atoms with E-state index in [1.807, 2.05) is 30.3 Å². The molecule has 2 heterocycles. The summed E-state index contributed by atoms with van der Waals surface area (Å²) in [5.41, 5.74) is 4.19. The molecule has 0 saturated carbocycles. The molecule has 3 aromatic rings. The van der Waals surface area contributed by atoms with Crippen LogP contribution in [0.15, 0.2) is 60.7 Å². The molecule has 0 radical (unpaired) electrons. The van der Waals surface area contributed by atoms with Gasteiger partial charge in [-0.2, -0.15) is 0 Å². The third-order valence-electron chi connectivity index (χ3n) is 5.85. The van der Waals surface area contributed by atoms with Crippen molar-refractivity contribution in [2.24, 2.45) is 5.92 Å². The SMILES string of the molecule is CCOC(=O)c1ccc(NC(=O)C2CCCN(c3ccc(-c4ccccc4C)nn3)C2)cc1. The normalized spacial score (nSPS) is 15.7. The summed E-state index contributed by atoms with van der Waals surface area (Å²) in [7, 11) is 0. The molecule has 0 aliphatic carbocycles. The van der Waals surface area contributed by atoms with Crippen LogP contribution in [0.1, 0.15) is 35.7 Å². The van der Waals surface area contributed by atoms with E-state index in [2.05, 4.69) is 33.4 Å². The summed E-state index contributed by atoms with van der Waals surface area (Å²) in [5.74, 6) is 0.228. The van der Waals surface area contributed by atoms with Crippen molar-refractivity contribution in [1.82, 2.24) is 10.2 Å². The Bertz CT molecular complexity index is 1110. The van der Waals surface area contributed by atoms with Crippen molar-refractivity contribution in [2.45, 2.75) is 26.7 Å². The van der Waals surface area contributed by atoms with Crippen LogP contribution in [0, 0.1) is 12.8 Å². The molecule has 1 N–H and O–H groups in total. The van der Waals surface area contributed by atoms with Gasteiger partial charge in [0, 0.05) is 24.3 Å². The number of rotatable bonds is 6. The maximum atomic E-state index is 12.9. The van der Waals surface area contributed by atoms with Gasteiger partial charge in [-0.15, -0.1) is 10.2 Å². The molecule has 33 heavy (non-hydrogen) atoms. The highest BCUT2D eigenvalue weighted by molar-refractivity contribution is 5.94. The van der Waals surface area contributed by atoms with Gasteiger partial charge < -0.3 is 15.0 Å². The summed E-state index contributed by atoms with van der Waals surface area (Å²) < 4.78 is 4.99. The standard InChI is InChI=1S/C26H28N4O3/c1-3-33-26(32)19-10-12-21(13-11-19)27-25(31)20-8-6-16-30(17-20)24-15-14-23(28-29-24)22-9-5-4-7-18(22)2/h4-5,7,9-15,20H,3,6,8,16-17H2,1-2H3,(H,27,31). The third kappa shape index (κ3) is 5.37. The van der Waals surface area contributed by atoms with Crippen LogP contribution in [-0.4, -0.2) is 41.8 Å². The van der Waals surface area contributed by atoms with Crippen LogP contribution in [0.5, 0.6) is 0 Å². The number of esters is 1. The van der Waals surface area contributed by atoms with E-state index in [1.165, 1.54) is 0 Å². The minimum Gasteiger partial charge on any atom is -0.462 e. The predicted octanol–water partition coefficient (Wildman–Crippen LogP) is 4.48. The number of nitrogens with one attached hydrogen (secondary N) is 1. The zero-order chi connectivity index (χ0) is 23.2. The second-order valence-corrected chi connectivity index (χ2v) is 8.16. The van der Waals surface area contributed by atoms with E-state index in [0.717, 1.165) is 42.0 Å². The average Bonchev–Trinajstić information content (AvgIpc) is 2.85. The van der Waals surface area contributed by atoms with E-state index in [1.54, 1.807) is 31.2 Å². The van der Waals surface area contributed by atoms with E-state index in [9.17, 15) is 9.59 Å². The average molecular weight is 445 g/mol. The number of benzene rings is 2. The first kappa shape index (κ1) is 22.5. The third-order valence-corrected chi connectivity index (χ3v) is 5.85. The minimum absolute atomic E-state index is 0.0342. The number of piperidine rings is 1. The molecule has 1 aliphatic rings. The molecule has 4 rings (SSSR count). The number of hydrogen-bond acceptors (Lipinski definition) is 6. The Morgan fingerprint density at radius 3 is 2.55 bits per heavy atom. The van der Waals surface area contributed by atoms with E-state index < -0.39 is 0 Å². The quantitative estimate of drug-likeness (QED) is 0.564. The van der Waals surface area contributed by atoms with Crippen LogP contribution in [0.2, 0.25) is 0 Å². The Labute approximate surface area is 193 Å². The van der Waals surface area contributed by atoms with Crippen molar-refractivity contribution in [3.8, 4) is 11.3 Å². The molecule has 1 amide bonds. The fourth-order valence-electron chi connectivity index (χ4n) is 4.05. The zero-order valence-corrected chi connectivity index (χ0v) is 19.0. The van der Waals surface area contributed by atoms with Gasteiger partial charge in [0.05, 0.1) is 23.8 Å². The Morgan fingerprint density at radius 2 is 1.85 bits per heavy atom. The number of amides is 1. The highest BCUT2D eigenvalue weighted by Crippen LogP contribution is 2.25. The predicted molar refractivity (Wildman–Crippen MR) is 128 cm³/mol. The largest absolute Gasteiger partial charge is 0.462 e. The van der Waals surface area contributed by atoms with Crippen molar-refractivity contribution in [2.75, 3.05) is 29.9 Å². The van der Waals surface area contributed by atoms with Gasteiger partial charge in [-0.1, -0.05) is 24.3 Å². The smallest absolute Gasteiger partial charge is 0.338 e. The van der Waals surface area contributed by atoms with Gasteiger partial charge in [-0.25, -0.2) is 4.79 Å². The molecule has 2 aromatic carbocycles. The Morgan fingerprint density at radius 1 is 1.06 bits per heavy atom. The maximum absolute atomic E-state index is 12.9. The van der Waals surface area contributed by atoms with Gasteiger partial charge in [0.15, 0.2) is 5.82 Å². The molecule has 1 fully saturated rings. The molecule has 7 heteroatoms. The van der Waals surface area contributed by atoms with Crippen LogP contribution in [0.25, 0.3) is 11.3 Å². The number of ether oxygens (including phenoxy) is 1. The highest BCUT2D eigenvalue weighted by atomic mass is 16.5. The fraction of sp³-hybridized carbons (Fsp3) is 0.308. The molecule has 1 aromatic heterocycles. The van der Waals surface area contributed by atoms with Gasteiger partial charge in [0.2, 0.25) is 5.91 Å². The summed E-state index contributed by atoms with van der Waals surface area (Å²) in [6.07, 6.45) is 1.72. The van der Waals surface area contributed by atoms with Crippen LogP contribution < -0.4 is 10.2 Å². The van der Waals surface area contributed by atoms with Crippen molar-refractivity contribution in [3.05, 3.63) is 71.8 Å². The molecule has 7 nitrogen and oxygen atoms in total. The number of aryl methyl sites for hydroxylation is 1. The number of anilines is 2. The molecular formula is C26H28N4O3. The number of carbonyl (C=O) groups excluding carboxylic acids is 2. The lowest BCUT2D eigenvalue weighted by atomic mass is 9.97. The van der Waals surface area contributed by atoms with Crippen LogP contribution in [0.4, 0.5) is 11.5 Å². The van der Waals surface area contributed by atoms with E-state index in [-0.39, 0.29) is 17.8 Å². The highest BCUT2D eigenvalue weighted by Gasteiger charge is 2.27. The molecule has 1 saturated heterocycles. The van der Waals surface area contributed by atoms with Crippen LogP contribution in [0.3, 0.4) is 0 Å². The summed E-state index contributed by atoms with van der Waals surface area (Å²) in [6, 6.07) is 18.8.